The third kappa shape index (κ3) is 6.63. The number of hydrogen-bond donors (Lipinski definition) is 0. The van der Waals surface area contributed by atoms with E-state index in [4.69, 9.17) is 9.47 Å². The second kappa shape index (κ2) is 5.96. The van der Waals surface area contributed by atoms with Crippen molar-refractivity contribution in [1.29, 1.82) is 0 Å². The van der Waals surface area contributed by atoms with Crippen molar-refractivity contribution in [2.45, 2.75) is 38.8 Å². The molecule has 5 nitrogen and oxygen atoms in total. The van der Waals surface area contributed by atoms with Gasteiger partial charge in [0.25, 0.3) is 0 Å². The largest absolute Gasteiger partial charge is 0.522 e. The topological polar surface area (TPSA) is 48.0 Å². The van der Waals surface area contributed by atoms with E-state index in [1.54, 1.807) is 20.8 Å². The van der Waals surface area contributed by atoms with Gasteiger partial charge in [-0.1, -0.05) is 0 Å². The number of carbonyl (C=O) groups excluding carboxylic acids is 1. The second-order valence-electron chi connectivity index (χ2n) is 5.18. The highest BCUT2D eigenvalue weighted by atomic mass is 19.4. The molecular weight excluding hydrogens is 267 g/mol. The molecule has 8 heteroatoms. The number of carbonyl (C=O) groups is 1. The van der Waals surface area contributed by atoms with Gasteiger partial charge in [0.15, 0.2) is 0 Å². The summed E-state index contributed by atoms with van der Waals surface area (Å²) in [6.45, 7) is 4.98. The molecule has 112 valence electrons. The highest BCUT2D eigenvalue weighted by Gasteiger charge is 2.33. The molecule has 0 aromatic rings. The molecule has 1 aliphatic heterocycles. The molecule has 1 heterocycles. The van der Waals surface area contributed by atoms with E-state index >= 15 is 0 Å². The Bertz CT molecular complexity index is 314. The zero-order valence-corrected chi connectivity index (χ0v) is 11.1. The predicted octanol–water partition coefficient (Wildman–Crippen LogP) is 2.16. The molecule has 1 amide bonds. The number of morpholine rings is 1. The van der Waals surface area contributed by atoms with E-state index in [1.165, 1.54) is 4.90 Å². The minimum Gasteiger partial charge on any atom is -0.444 e. The molecule has 0 aliphatic carbocycles. The quantitative estimate of drug-likeness (QED) is 0.780. The Morgan fingerprint density at radius 2 is 2.00 bits per heavy atom. The molecule has 0 aromatic heterocycles. The molecule has 0 bridgehead atoms. The highest BCUT2D eigenvalue weighted by Crippen LogP contribution is 2.18. The zero-order chi connectivity index (χ0) is 14.7. The van der Waals surface area contributed by atoms with E-state index in [2.05, 4.69) is 4.74 Å². The van der Waals surface area contributed by atoms with Crippen LogP contribution in [0, 0.1) is 0 Å². The Kier molecular flexibility index (Phi) is 5.03. The SMILES string of the molecule is CC(C)(C)OC(=O)N1CCO[C@@H](COC(F)(F)F)C1. The van der Waals surface area contributed by atoms with E-state index in [0.29, 0.717) is 0 Å². The number of rotatable bonds is 2. The maximum atomic E-state index is 11.9. The average molecular weight is 285 g/mol. The first-order chi connectivity index (χ1) is 8.57. The number of hydrogen-bond acceptors (Lipinski definition) is 4. The summed E-state index contributed by atoms with van der Waals surface area (Å²) in [6.07, 6.45) is -6.06. The van der Waals surface area contributed by atoms with E-state index in [0.717, 1.165) is 0 Å². The van der Waals surface area contributed by atoms with Crippen molar-refractivity contribution in [2.75, 3.05) is 26.3 Å². The van der Waals surface area contributed by atoms with Gasteiger partial charge < -0.3 is 14.4 Å². The van der Waals surface area contributed by atoms with Gasteiger partial charge in [-0.3, -0.25) is 4.74 Å². The van der Waals surface area contributed by atoms with Crippen molar-refractivity contribution in [1.82, 2.24) is 4.90 Å². The maximum Gasteiger partial charge on any atom is 0.522 e. The van der Waals surface area contributed by atoms with Crippen molar-refractivity contribution in [3.05, 3.63) is 0 Å². The normalized spacial score (nSPS) is 21.4. The van der Waals surface area contributed by atoms with Crippen LogP contribution in [0.1, 0.15) is 20.8 Å². The first kappa shape index (κ1) is 16.0. The molecular formula is C11H18F3NO4. The zero-order valence-electron chi connectivity index (χ0n) is 11.1. The van der Waals surface area contributed by atoms with Gasteiger partial charge in [0.1, 0.15) is 5.60 Å². The van der Waals surface area contributed by atoms with Crippen LogP contribution >= 0.6 is 0 Å². The minimum atomic E-state index is -4.70. The van der Waals surface area contributed by atoms with Crippen LogP contribution in [0.15, 0.2) is 0 Å². The molecule has 1 aliphatic rings. The van der Waals surface area contributed by atoms with Crippen molar-refractivity contribution in [3.63, 3.8) is 0 Å². The summed E-state index contributed by atoms with van der Waals surface area (Å²) < 4.78 is 49.7. The number of nitrogens with zero attached hydrogens (tertiary/aromatic N) is 1. The Morgan fingerprint density at radius 3 is 2.53 bits per heavy atom. The molecule has 0 aromatic carbocycles. The van der Waals surface area contributed by atoms with Crippen LogP contribution in [-0.4, -0.2) is 55.4 Å². The Balaban J connectivity index is 2.44. The Morgan fingerprint density at radius 1 is 1.37 bits per heavy atom. The molecule has 0 N–H and O–H groups in total. The molecule has 0 unspecified atom stereocenters. The summed E-state index contributed by atoms with van der Waals surface area (Å²) in [5, 5.41) is 0. The minimum absolute atomic E-state index is 0.0188. The lowest BCUT2D eigenvalue weighted by molar-refractivity contribution is -0.332. The molecule has 1 rings (SSSR count). The lowest BCUT2D eigenvalue weighted by Crippen LogP contribution is -2.49. The summed E-state index contributed by atoms with van der Waals surface area (Å²) in [5.41, 5.74) is -0.645. The fourth-order valence-electron chi connectivity index (χ4n) is 1.50. The fourth-order valence-corrected chi connectivity index (χ4v) is 1.50. The van der Waals surface area contributed by atoms with E-state index < -0.39 is 30.8 Å². The maximum absolute atomic E-state index is 11.9. The van der Waals surface area contributed by atoms with Crippen LogP contribution in [0.3, 0.4) is 0 Å². The highest BCUT2D eigenvalue weighted by molar-refractivity contribution is 5.68. The van der Waals surface area contributed by atoms with Gasteiger partial charge in [-0.2, -0.15) is 0 Å². The number of ether oxygens (including phenoxy) is 3. The predicted molar refractivity (Wildman–Crippen MR) is 59.6 cm³/mol. The first-order valence-corrected chi connectivity index (χ1v) is 5.87. The summed E-state index contributed by atoms with van der Waals surface area (Å²) >= 11 is 0. The summed E-state index contributed by atoms with van der Waals surface area (Å²) in [6, 6.07) is 0. The van der Waals surface area contributed by atoms with Gasteiger partial charge in [0, 0.05) is 6.54 Å². The van der Waals surface area contributed by atoms with Gasteiger partial charge in [-0.05, 0) is 20.8 Å². The third-order valence-corrected chi connectivity index (χ3v) is 2.22. The van der Waals surface area contributed by atoms with Crippen molar-refractivity contribution >= 4 is 6.09 Å². The van der Waals surface area contributed by atoms with Gasteiger partial charge >= 0.3 is 12.5 Å². The Labute approximate surface area is 109 Å². The van der Waals surface area contributed by atoms with Gasteiger partial charge in [-0.15, -0.1) is 13.2 Å². The first-order valence-electron chi connectivity index (χ1n) is 5.87. The summed E-state index contributed by atoms with van der Waals surface area (Å²) in [4.78, 5) is 13.1. The lowest BCUT2D eigenvalue weighted by atomic mass is 10.2. The molecule has 1 fully saturated rings. The third-order valence-electron chi connectivity index (χ3n) is 2.22. The molecule has 19 heavy (non-hydrogen) atoms. The molecule has 0 spiro atoms. The summed E-state index contributed by atoms with van der Waals surface area (Å²) in [5.74, 6) is 0. The molecule has 1 atom stereocenters. The van der Waals surface area contributed by atoms with E-state index in [-0.39, 0.29) is 19.7 Å². The van der Waals surface area contributed by atoms with Gasteiger partial charge in [-0.25, -0.2) is 4.79 Å². The summed E-state index contributed by atoms with van der Waals surface area (Å²) in [7, 11) is 0. The average Bonchev–Trinajstić information content (AvgIpc) is 2.23. The standard InChI is InChI=1S/C11H18F3NO4/c1-10(2,3)19-9(16)15-4-5-17-8(6-15)7-18-11(12,13)14/h8H,4-7H2,1-3H3/t8-/m1/s1. The monoisotopic (exact) mass is 285 g/mol. The van der Waals surface area contributed by atoms with E-state index in [1.807, 2.05) is 0 Å². The van der Waals surface area contributed by atoms with Crippen LogP contribution in [0.4, 0.5) is 18.0 Å². The van der Waals surface area contributed by atoms with Crippen LogP contribution in [0.5, 0.6) is 0 Å². The number of halogens is 3. The van der Waals surface area contributed by atoms with Crippen LogP contribution in [0.2, 0.25) is 0 Å². The van der Waals surface area contributed by atoms with Crippen molar-refractivity contribution in [2.24, 2.45) is 0 Å². The van der Waals surface area contributed by atoms with Crippen molar-refractivity contribution < 1.29 is 32.2 Å². The van der Waals surface area contributed by atoms with Crippen LogP contribution in [0.25, 0.3) is 0 Å². The fraction of sp³-hybridized carbons (Fsp3) is 0.909. The smallest absolute Gasteiger partial charge is 0.444 e. The number of amides is 1. The van der Waals surface area contributed by atoms with E-state index in [9.17, 15) is 18.0 Å². The molecule has 0 saturated carbocycles. The Hall–Kier alpha value is -1.02. The molecule has 1 saturated heterocycles. The lowest BCUT2D eigenvalue weighted by Gasteiger charge is -2.34. The van der Waals surface area contributed by atoms with Gasteiger partial charge in [0.05, 0.1) is 25.9 Å². The van der Waals surface area contributed by atoms with Crippen LogP contribution in [-0.2, 0) is 14.2 Å². The number of alkyl halides is 3. The second-order valence-corrected chi connectivity index (χ2v) is 5.18. The van der Waals surface area contributed by atoms with Gasteiger partial charge in [0.2, 0.25) is 0 Å². The van der Waals surface area contributed by atoms with Crippen LogP contribution < -0.4 is 0 Å². The molecule has 0 radical (unpaired) electrons. The van der Waals surface area contributed by atoms with Crippen molar-refractivity contribution in [3.8, 4) is 0 Å².